The van der Waals surface area contributed by atoms with Gasteiger partial charge in [0.2, 0.25) is 11.8 Å². The van der Waals surface area contributed by atoms with Gasteiger partial charge in [-0.1, -0.05) is 30.3 Å². The first-order valence-corrected chi connectivity index (χ1v) is 8.56. The lowest BCUT2D eigenvalue weighted by Crippen LogP contribution is -2.31. The molecule has 1 N–H and O–H groups in total. The second-order valence-electron chi connectivity index (χ2n) is 6.09. The van der Waals surface area contributed by atoms with E-state index in [1.54, 1.807) is 24.3 Å². The van der Waals surface area contributed by atoms with Crippen molar-refractivity contribution in [1.29, 1.82) is 0 Å². The molecule has 2 amide bonds. The summed E-state index contributed by atoms with van der Waals surface area (Å²) in [5.74, 6) is -0.255. The molecular formula is C20H21F3N2O3. The smallest absolute Gasteiger partial charge is 0.418 e. The topological polar surface area (TPSA) is 58.6 Å². The number of benzene rings is 2. The van der Waals surface area contributed by atoms with Crippen LogP contribution >= 0.6 is 0 Å². The van der Waals surface area contributed by atoms with E-state index in [0.29, 0.717) is 5.75 Å². The Labute approximate surface area is 161 Å². The average molecular weight is 394 g/mol. The third kappa shape index (κ3) is 5.73. The monoisotopic (exact) mass is 394 g/mol. The first kappa shape index (κ1) is 21.3. The summed E-state index contributed by atoms with van der Waals surface area (Å²) in [4.78, 5) is 25.5. The maximum Gasteiger partial charge on any atom is 0.418 e. The number of amides is 2. The van der Waals surface area contributed by atoms with E-state index >= 15 is 0 Å². The van der Waals surface area contributed by atoms with E-state index in [-0.39, 0.29) is 31.1 Å². The predicted octanol–water partition coefficient (Wildman–Crippen LogP) is 4.09. The van der Waals surface area contributed by atoms with Crippen molar-refractivity contribution in [3.63, 3.8) is 0 Å². The number of hydrogen-bond acceptors (Lipinski definition) is 3. The van der Waals surface area contributed by atoms with Crippen LogP contribution in [0.1, 0.15) is 24.5 Å². The Hall–Kier alpha value is -3.03. The summed E-state index contributed by atoms with van der Waals surface area (Å²) >= 11 is 0. The summed E-state index contributed by atoms with van der Waals surface area (Å²) in [7, 11) is 1.52. The summed E-state index contributed by atoms with van der Waals surface area (Å²) in [6.45, 7) is 1.66. The molecule has 5 nitrogen and oxygen atoms in total. The zero-order valence-corrected chi connectivity index (χ0v) is 15.5. The molecule has 0 fully saturated rings. The van der Waals surface area contributed by atoms with E-state index in [4.69, 9.17) is 4.74 Å². The van der Waals surface area contributed by atoms with E-state index in [1.807, 2.05) is 0 Å². The minimum Gasteiger partial charge on any atom is -0.496 e. The lowest BCUT2D eigenvalue weighted by Gasteiger charge is -2.22. The second-order valence-corrected chi connectivity index (χ2v) is 6.09. The van der Waals surface area contributed by atoms with Crippen molar-refractivity contribution in [3.8, 4) is 5.75 Å². The van der Waals surface area contributed by atoms with E-state index in [1.165, 1.54) is 37.1 Å². The van der Waals surface area contributed by atoms with Gasteiger partial charge in [-0.15, -0.1) is 0 Å². The summed E-state index contributed by atoms with van der Waals surface area (Å²) in [5, 5.41) is 2.28. The Bertz CT molecular complexity index is 837. The van der Waals surface area contributed by atoms with Gasteiger partial charge in [0, 0.05) is 32.0 Å². The quantitative estimate of drug-likeness (QED) is 0.770. The van der Waals surface area contributed by atoms with Gasteiger partial charge in [-0.2, -0.15) is 13.2 Å². The number of ether oxygens (including phenoxy) is 1. The van der Waals surface area contributed by atoms with E-state index < -0.39 is 17.6 Å². The van der Waals surface area contributed by atoms with E-state index in [0.717, 1.165) is 11.6 Å². The third-order valence-corrected chi connectivity index (χ3v) is 4.11. The fourth-order valence-electron chi connectivity index (χ4n) is 2.68. The van der Waals surface area contributed by atoms with Gasteiger partial charge < -0.3 is 15.0 Å². The van der Waals surface area contributed by atoms with E-state index in [2.05, 4.69) is 5.32 Å². The number of para-hydroxylation sites is 2. The van der Waals surface area contributed by atoms with Gasteiger partial charge in [-0.25, -0.2) is 0 Å². The van der Waals surface area contributed by atoms with Gasteiger partial charge in [-0.05, 0) is 18.2 Å². The number of carbonyl (C=O) groups is 2. The largest absolute Gasteiger partial charge is 0.496 e. The first-order chi connectivity index (χ1) is 13.2. The summed E-state index contributed by atoms with van der Waals surface area (Å²) < 4.78 is 44.3. The predicted molar refractivity (Wildman–Crippen MR) is 98.8 cm³/mol. The number of methoxy groups -OCH3 is 1. The van der Waals surface area contributed by atoms with Crippen molar-refractivity contribution in [1.82, 2.24) is 4.90 Å². The number of nitrogens with one attached hydrogen (secondary N) is 1. The normalized spacial score (nSPS) is 11.0. The highest BCUT2D eigenvalue weighted by Gasteiger charge is 2.33. The molecule has 0 saturated carbocycles. The van der Waals surface area contributed by atoms with Crippen LogP contribution in [-0.2, 0) is 22.3 Å². The molecule has 0 aromatic heterocycles. The molecule has 2 aromatic carbocycles. The number of halogens is 3. The van der Waals surface area contributed by atoms with Crippen molar-refractivity contribution in [2.45, 2.75) is 26.1 Å². The van der Waals surface area contributed by atoms with Gasteiger partial charge in [0.05, 0.1) is 18.4 Å². The lowest BCUT2D eigenvalue weighted by atomic mass is 10.1. The maximum atomic E-state index is 13.0. The van der Waals surface area contributed by atoms with Gasteiger partial charge in [0.15, 0.2) is 0 Å². The standard InChI is InChI=1S/C20H21F3N2O3/c1-14(26)25(13-15-7-3-6-10-18(15)28-2)12-11-19(27)24-17-9-5-4-8-16(17)20(21,22)23/h3-10H,11-13H2,1-2H3,(H,24,27). The molecule has 0 saturated heterocycles. The molecule has 0 aliphatic rings. The molecule has 8 heteroatoms. The van der Waals surface area contributed by atoms with Gasteiger partial charge in [0.1, 0.15) is 5.75 Å². The molecule has 0 unspecified atom stereocenters. The molecule has 28 heavy (non-hydrogen) atoms. The number of rotatable bonds is 7. The minimum atomic E-state index is -4.57. The van der Waals surface area contributed by atoms with Crippen LogP contribution < -0.4 is 10.1 Å². The number of anilines is 1. The fraction of sp³-hybridized carbons (Fsp3) is 0.300. The zero-order chi connectivity index (χ0) is 20.7. The van der Waals surface area contributed by atoms with Gasteiger partial charge in [0.25, 0.3) is 0 Å². The zero-order valence-electron chi connectivity index (χ0n) is 15.5. The fourth-order valence-corrected chi connectivity index (χ4v) is 2.68. The van der Waals surface area contributed by atoms with Crippen molar-refractivity contribution in [3.05, 3.63) is 59.7 Å². The lowest BCUT2D eigenvalue weighted by molar-refractivity contribution is -0.137. The summed E-state index contributed by atoms with van der Waals surface area (Å²) in [5.41, 5.74) is -0.456. The van der Waals surface area contributed by atoms with Crippen molar-refractivity contribution < 1.29 is 27.5 Å². The van der Waals surface area contributed by atoms with Crippen molar-refractivity contribution in [2.75, 3.05) is 19.0 Å². The summed E-state index contributed by atoms with van der Waals surface area (Å²) in [6.07, 6.45) is -4.71. The molecule has 150 valence electrons. The molecule has 0 spiro atoms. The molecule has 0 bridgehead atoms. The molecule has 0 aliphatic carbocycles. The Morgan fingerprint density at radius 3 is 2.36 bits per heavy atom. The first-order valence-electron chi connectivity index (χ1n) is 8.56. The highest BCUT2D eigenvalue weighted by atomic mass is 19.4. The molecule has 0 aliphatic heterocycles. The Morgan fingerprint density at radius 2 is 1.71 bits per heavy atom. The van der Waals surface area contributed by atoms with Crippen LogP contribution in [0.3, 0.4) is 0 Å². The molecule has 2 aromatic rings. The summed E-state index contributed by atoms with van der Waals surface area (Å²) in [6, 6.07) is 11.9. The molecule has 0 atom stereocenters. The van der Waals surface area contributed by atoms with Crippen LogP contribution in [0.15, 0.2) is 48.5 Å². The SMILES string of the molecule is COc1ccccc1CN(CCC(=O)Nc1ccccc1C(F)(F)F)C(C)=O. The molecular weight excluding hydrogens is 373 g/mol. The molecule has 2 rings (SSSR count). The van der Waals surface area contributed by atoms with Crippen LogP contribution in [-0.4, -0.2) is 30.4 Å². The second kappa shape index (κ2) is 9.25. The van der Waals surface area contributed by atoms with Crippen LogP contribution in [0, 0.1) is 0 Å². The molecule has 0 heterocycles. The number of alkyl halides is 3. The highest BCUT2D eigenvalue weighted by Crippen LogP contribution is 2.34. The molecule has 0 radical (unpaired) electrons. The van der Waals surface area contributed by atoms with Crippen molar-refractivity contribution in [2.24, 2.45) is 0 Å². The van der Waals surface area contributed by atoms with Crippen LogP contribution in [0.4, 0.5) is 18.9 Å². The number of carbonyl (C=O) groups excluding carboxylic acids is 2. The van der Waals surface area contributed by atoms with Gasteiger partial charge in [-0.3, -0.25) is 9.59 Å². The van der Waals surface area contributed by atoms with Crippen LogP contribution in [0.25, 0.3) is 0 Å². The Balaban J connectivity index is 2.03. The highest BCUT2D eigenvalue weighted by molar-refractivity contribution is 5.92. The third-order valence-electron chi connectivity index (χ3n) is 4.11. The Morgan fingerprint density at radius 1 is 1.07 bits per heavy atom. The average Bonchev–Trinajstić information content (AvgIpc) is 2.64. The van der Waals surface area contributed by atoms with Crippen molar-refractivity contribution >= 4 is 17.5 Å². The minimum absolute atomic E-state index is 0.0629. The maximum absolute atomic E-state index is 13.0. The van der Waals surface area contributed by atoms with E-state index in [9.17, 15) is 22.8 Å². The van der Waals surface area contributed by atoms with Crippen LogP contribution in [0.2, 0.25) is 0 Å². The van der Waals surface area contributed by atoms with Gasteiger partial charge >= 0.3 is 6.18 Å². The number of hydrogen-bond donors (Lipinski definition) is 1. The Kier molecular flexibility index (Phi) is 7.03. The number of nitrogens with zero attached hydrogens (tertiary/aromatic N) is 1. The van der Waals surface area contributed by atoms with Crippen LogP contribution in [0.5, 0.6) is 5.75 Å².